The van der Waals surface area contributed by atoms with E-state index >= 15 is 0 Å². The van der Waals surface area contributed by atoms with Crippen LogP contribution in [0.15, 0.2) is 65.1 Å². The van der Waals surface area contributed by atoms with E-state index < -0.39 is 10.0 Å². The summed E-state index contributed by atoms with van der Waals surface area (Å²) in [6, 6.07) is 13.1. The normalized spacial score (nSPS) is 14.2. The van der Waals surface area contributed by atoms with Crippen LogP contribution in [0, 0.1) is 6.92 Å². The number of sulfonamides is 1. The number of benzene rings is 2. The molecule has 2 aromatic carbocycles. The number of nitrogens with zero attached hydrogens (tertiary/aromatic N) is 1. The number of hydrogen-bond acceptors (Lipinski definition) is 3. The van der Waals surface area contributed by atoms with Crippen molar-refractivity contribution in [2.24, 2.45) is 0 Å². The molecule has 3 rings (SSSR count). The monoisotopic (exact) mass is 432 g/mol. The lowest BCUT2D eigenvalue weighted by atomic mass is 10.00. The first-order valence-electron chi connectivity index (χ1n) is 9.66. The minimum Gasteiger partial charge on any atom is -0.351 e. The maximum atomic E-state index is 13.3. The van der Waals surface area contributed by atoms with Gasteiger partial charge in [-0.2, -0.15) is 0 Å². The maximum Gasteiger partial charge on any atom is 0.264 e. The third-order valence-corrected chi connectivity index (χ3v) is 6.91. The van der Waals surface area contributed by atoms with Gasteiger partial charge in [0, 0.05) is 11.6 Å². The van der Waals surface area contributed by atoms with Crippen LogP contribution >= 0.6 is 11.6 Å². The van der Waals surface area contributed by atoms with Crippen LogP contribution in [0.5, 0.6) is 0 Å². The smallest absolute Gasteiger partial charge is 0.264 e. The van der Waals surface area contributed by atoms with Gasteiger partial charge in [-0.05, 0) is 62.9 Å². The largest absolute Gasteiger partial charge is 0.351 e. The third kappa shape index (κ3) is 5.61. The Labute approximate surface area is 177 Å². The molecule has 1 N–H and O–H groups in total. The van der Waals surface area contributed by atoms with Crippen molar-refractivity contribution >= 4 is 33.2 Å². The van der Waals surface area contributed by atoms with E-state index in [-0.39, 0.29) is 17.3 Å². The number of rotatable bonds is 7. The standard InChI is InChI=1S/C22H25ClN2O3S/c1-17-10-12-21(13-11-17)29(27,28)25(20-9-5-8-19(23)14-20)16-22(26)24-15-18-6-3-2-4-7-18/h5-6,8-14H,2-4,7,15-16H2,1H3,(H,24,26). The molecule has 0 atom stereocenters. The van der Waals surface area contributed by atoms with Crippen molar-refractivity contribution in [3.05, 3.63) is 70.8 Å². The van der Waals surface area contributed by atoms with Crippen molar-refractivity contribution in [3.63, 3.8) is 0 Å². The first-order chi connectivity index (χ1) is 13.9. The second-order valence-corrected chi connectivity index (χ2v) is 9.49. The SMILES string of the molecule is Cc1ccc(S(=O)(=O)N(CC(=O)NCC2=CCCCC2)c2cccc(Cl)c2)cc1. The Kier molecular flexibility index (Phi) is 6.98. The molecule has 1 aliphatic rings. The highest BCUT2D eigenvalue weighted by Crippen LogP contribution is 2.26. The lowest BCUT2D eigenvalue weighted by molar-refractivity contribution is -0.119. The summed E-state index contributed by atoms with van der Waals surface area (Å²) >= 11 is 6.08. The average molecular weight is 433 g/mol. The summed E-state index contributed by atoms with van der Waals surface area (Å²) in [5, 5.41) is 3.26. The van der Waals surface area contributed by atoms with Crippen LogP contribution in [0.4, 0.5) is 5.69 Å². The van der Waals surface area contributed by atoms with Gasteiger partial charge in [0.05, 0.1) is 10.6 Å². The van der Waals surface area contributed by atoms with Crippen molar-refractivity contribution < 1.29 is 13.2 Å². The molecule has 0 aliphatic heterocycles. The van der Waals surface area contributed by atoms with Crippen molar-refractivity contribution in [2.45, 2.75) is 37.5 Å². The van der Waals surface area contributed by atoms with Gasteiger partial charge in [-0.25, -0.2) is 8.42 Å². The van der Waals surface area contributed by atoms with Gasteiger partial charge in [0.1, 0.15) is 6.54 Å². The fraction of sp³-hybridized carbons (Fsp3) is 0.318. The minimum atomic E-state index is -3.93. The first-order valence-corrected chi connectivity index (χ1v) is 11.5. The van der Waals surface area contributed by atoms with Gasteiger partial charge in [0.15, 0.2) is 0 Å². The molecule has 29 heavy (non-hydrogen) atoms. The number of carbonyl (C=O) groups is 1. The van der Waals surface area contributed by atoms with Crippen molar-refractivity contribution in [1.29, 1.82) is 0 Å². The molecule has 7 heteroatoms. The second-order valence-electron chi connectivity index (χ2n) is 7.19. The minimum absolute atomic E-state index is 0.130. The van der Waals surface area contributed by atoms with Gasteiger partial charge in [-0.15, -0.1) is 0 Å². The summed E-state index contributed by atoms with van der Waals surface area (Å²) in [4.78, 5) is 12.7. The van der Waals surface area contributed by atoms with Crippen LogP contribution in [-0.4, -0.2) is 27.4 Å². The number of hydrogen-bond donors (Lipinski definition) is 1. The lowest BCUT2D eigenvalue weighted by Gasteiger charge is -2.24. The highest BCUT2D eigenvalue weighted by Gasteiger charge is 2.27. The van der Waals surface area contributed by atoms with Gasteiger partial charge in [-0.3, -0.25) is 9.10 Å². The summed E-state index contributed by atoms with van der Waals surface area (Å²) in [5.74, 6) is -0.355. The molecule has 0 saturated carbocycles. The van der Waals surface area contributed by atoms with Gasteiger partial charge < -0.3 is 5.32 Å². The Bertz CT molecular complexity index is 1000. The van der Waals surface area contributed by atoms with Gasteiger partial charge in [-0.1, -0.05) is 47.0 Å². The molecule has 0 unspecified atom stereocenters. The van der Waals surface area contributed by atoms with Crippen LogP contribution in [-0.2, 0) is 14.8 Å². The molecule has 0 aromatic heterocycles. The van der Waals surface area contributed by atoms with E-state index in [1.165, 1.54) is 12.0 Å². The van der Waals surface area contributed by atoms with E-state index in [9.17, 15) is 13.2 Å². The highest BCUT2D eigenvalue weighted by molar-refractivity contribution is 7.92. The predicted octanol–water partition coefficient (Wildman–Crippen LogP) is 4.46. The molecule has 1 aliphatic carbocycles. The summed E-state index contributed by atoms with van der Waals surface area (Å²) in [5.41, 5.74) is 2.50. The van der Waals surface area contributed by atoms with E-state index in [0.717, 1.165) is 29.1 Å². The van der Waals surface area contributed by atoms with Crippen LogP contribution in [0.25, 0.3) is 0 Å². The zero-order valence-corrected chi connectivity index (χ0v) is 18.0. The number of allylic oxidation sites excluding steroid dienone is 1. The third-order valence-electron chi connectivity index (χ3n) is 4.89. The number of halogens is 1. The summed E-state index contributed by atoms with van der Waals surface area (Å²) < 4.78 is 27.7. The second kappa shape index (κ2) is 9.46. The van der Waals surface area contributed by atoms with Crippen molar-refractivity contribution in [2.75, 3.05) is 17.4 Å². The number of anilines is 1. The number of amides is 1. The predicted molar refractivity (Wildman–Crippen MR) is 117 cm³/mol. The molecule has 0 heterocycles. The molecule has 0 saturated heterocycles. The van der Waals surface area contributed by atoms with Gasteiger partial charge >= 0.3 is 0 Å². The fourth-order valence-corrected chi connectivity index (χ4v) is 4.84. The van der Waals surface area contributed by atoms with E-state index in [4.69, 9.17) is 11.6 Å². The number of carbonyl (C=O) groups excluding carboxylic acids is 1. The average Bonchev–Trinajstić information content (AvgIpc) is 2.71. The molecule has 154 valence electrons. The molecule has 0 bridgehead atoms. The Morgan fingerprint density at radius 1 is 1.14 bits per heavy atom. The molecular formula is C22H25ClN2O3S. The Morgan fingerprint density at radius 3 is 2.55 bits per heavy atom. The van der Waals surface area contributed by atoms with E-state index in [2.05, 4.69) is 11.4 Å². The van der Waals surface area contributed by atoms with Crippen LogP contribution in [0.2, 0.25) is 5.02 Å². The molecule has 0 radical (unpaired) electrons. The molecule has 0 spiro atoms. The van der Waals surface area contributed by atoms with Gasteiger partial charge in [0.25, 0.3) is 10.0 Å². The zero-order chi connectivity index (χ0) is 20.9. The Morgan fingerprint density at radius 2 is 1.90 bits per heavy atom. The lowest BCUT2D eigenvalue weighted by Crippen LogP contribution is -2.41. The Hall–Kier alpha value is -2.31. The molecular weight excluding hydrogens is 408 g/mol. The quantitative estimate of drug-likeness (QED) is 0.657. The zero-order valence-electron chi connectivity index (χ0n) is 16.4. The van der Waals surface area contributed by atoms with Crippen molar-refractivity contribution in [3.8, 4) is 0 Å². The summed E-state index contributed by atoms with van der Waals surface area (Å²) in [6.07, 6.45) is 6.45. The number of nitrogens with one attached hydrogen (secondary N) is 1. The molecule has 2 aromatic rings. The fourth-order valence-electron chi connectivity index (χ4n) is 3.25. The molecule has 1 amide bonds. The van der Waals surface area contributed by atoms with Crippen LogP contribution in [0.1, 0.15) is 31.2 Å². The van der Waals surface area contributed by atoms with Crippen LogP contribution in [0.3, 0.4) is 0 Å². The summed E-state index contributed by atoms with van der Waals surface area (Å²) in [6.45, 7) is 2.02. The summed E-state index contributed by atoms with van der Waals surface area (Å²) in [7, 11) is -3.93. The first kappa shape index (κ1) is 21.4. The Balaban J connectivity index is 1.84. The van der Waals surface area contributed by atoms with E-state index in [1.807, 2.05) is 6.92 Å². The maximum absolute atomic E-state index is 13.3. The van der Waals surface area contributed by atoms with Gasteiger partial charge in [0.2, 0.25) is 5.91 Å². The number of aryl methyl sites for hydroxylation is 1. The molecule has 0 fully saturated rings. The topological polar surface area (TPSA) is 66.5 Å². The van der Waals surface area contributed by atoms with E-state index in [1.54, 1.807) is 48.5 Å². The van der Waals surface area contributed by atoms with E-state index in [0.29, 0.717) is 17.3 Å². The van der Waals surface area contributed by atoms with Crippen LogP contribution < -0.4 is 9.62 Å². The molecule has 5 nitrogen and oxygen atoms in total. The van der Waals surface area contributed by atoms with Crippen molar-refractivity contribution in [1.82, 2.24) is 5.32 Å². The highest BCUT2D eigenvalue weighted by atomic mass is 35.5.